The number of phenolic OH excluding ortho intramolecular Hbond substituents is 3. The fourth-order valence-electron chi connectivity index (χ4n) is 7.87. The molecule has 0 saturated carbocycles. The quantitative estimate of drug-likeness (QED) is 0.0370. The molecule has 0 aromatic heterocycles. The van der Waals surface area contributed by atoms with Gasteiger partial charge in [-0.1, -0.05) is 6.07 Å². The highest BCUT2D eigenvalue weighted by Crippen LogP contribution is 2.45. The van der Waals surface area contributed by atoms with Crippen LogP contribution in [0.25, 0.3) is 11.8 Å². The summed E-state index contributed by atoms with van der Waals surface area (Å²) in [5, 5.41) is 137. The Morgan fingerprint density at radius 3 is 1.96 bits per heavy atom. The third-order valence-corrected chi connectivity index (χ3v) is 11.7. The number of aliphatic hydroxyl groups excluding tert-OH is 9. The molecule has 3 saturated heterocycles. The number of carboxylic acids is 1. The highest BCUT2D eigenvalue weighted by atomic mass is 16.8. The standard InChI is InChI=1S/C46H52O26/c1-63-26-10-18(2-8-23(26)50)3-9-32(53)64-16-30-36(57)39(60)43(72-45-41(62)37(58)34(55)28(15-47)69-45)46(71-30)68-27-13-22-24(66-42(27)19-4-6-20(48)7-5-19)11-21(49)12-25(22)67-44-40(61)38(59)35(56)29(70-44)17-65-33(54)14-31(51)52/h2-12,28-30,34-41,43-50,55-62H,13-17H2,1H3,(H,51,52)/b9-3+/t28-,29-,30-,34-,35-,36-,37+,38+,39+,40-,41-,43-,44-,45+,46-/m1/s1. The van der Waals surface area contributed by atoms with Gasteiger partial charge in [-0.25, -0.2) is 4.79 Å². The molecule has 15 atom stereocenters. The van der Waals surface area contributed by atoms with Crippen LogP contribution in [0.5, 0.6) is 34.5 Å². The van der Waals surface area contributed by atoms with Crippen LogP contribution in [-0.2, 0) is 54.0 Å². The molecule has 0 bridgehead atoms. The maximum absolute atomic E-state index is 12.9. The Balaban J connectivity index is 1.20. The summed E-state index contributed by atoms with van der Waals surface area (Å²) in [6.07, 6.45) is -27.3. The average Bonchev–Trinajstić information content (AvgIpc) is 3.35. The second-order valence-electron chi connectivity index (χ2n) is 16.7. The summed E-state index contributed by atoms with van der Waals surface area (Å²) in [4.78, 5) is 35.9. The van der Waals surface area contributed by atoms with E-state index in [-0.39, 0.29) is 51.4 Å². The molecule has 4 aliphatic heterocycles. The van der Waals surface area contributed by atoms with Crippen molar-refractivity contribution in [2.24, 2.45) is 0 Å². The molecule has 0 unspecified atom stereocenters. The molecule has 7 rings (SSSR count). The fraction of sp³-hybridized carbons (Fsp3) is 0.457. The van der Waals surface area contributed by atoms with E-state index in [9.17, 15) is 75.7 Å². The average molecular weight is 1020 g/mol. The van der Waals surface area contributed by atoms with Gasteiger partial charge in [-0.15, -0.1) is 0 Å². The van der Waals surface area contributed by atoms with Crippen LogP contribution < -0.4 is 14.2 Å². The van der Waals surface area contributed by atoms with Crippen molar-refractivity contribution < 1.29 is 128 Å². The molecule has 26 nitrogen and oxygen atoms in total. The van der Waals surface area contributed by atoms with Crippen LogP contribution in [0, 0.1) is 0 Å². The van der Waals surface area contributed by atoms with E-state index < -0.39 is 148 Å². The second-order valence-corrected chi connectivity index (χ2v) is 16.7. The molecule has 0 aliphatic carbocycles. The topological polar surface area (TPSA) is 407 Å². The van der Waals surface area contributed by atoms with Gasteiger partial charge in [0.05, 0.1) is 13.7 Å². The van der Waals surface area contributed by atoms with Crippen LogP contribution in [0.4, 0.5) is 0 Å². The van der Waals surface area contributed by atoms with E-state index >= 15 is 0 Å². The highest BCUT2D eigenvalue weighted by molar-refractivity contribution is 5.90. The summed E-state index contributed by atoms with van der Waals surface area (Å²) in [6, 6.07) is 11.8. The smallest absolute Gasteiger partial charge is 0.330 e. The predicted octanol–water partition coefficient (Wildman–Crippen LogP) is -2.77. The number of rotatable bonds is 17. The SMILES string of the molecule is COc1cc(/C=C/C(=O)OC[C@H]2O[C@@H](OC3=C(c4ccc(O)cc4)Oc4cc(O)cc(O[C@@H]5O[C@H](COC(=O)CC(=O)O)[C@@H](O)[C@H](O)[C@H]5O)c4C3)[C@H](O[C@@H]3O[C@H](CO)[C@@H](O)[C@H](O)[C@H]3O)[C@@H](O)[C@@H]2O)ccc1O. The van der Waals surface area contributed by atoms with Crippen LogP contribution >= 0.6 is 0 Å². The second kappa shape index (κ2) is 23.0. The maximum atomic E-state index is 12.9. The van der Waals surface area contributed by atoms with Crippen molar-refractivity contribution in [3.8, 4) is 34.5 Å². The lowest BCUT2D eigenvalue weighted by Gasteiger charge is -2.46. The van der Waals surface area contributed by atoms with Gasteiger partial charge in [0, 0.05) is 35.8 Å². The number of carboxylic acid groups (broad SMARTS) is 1. The number of aliphatic carboxylic acids is 1. The van der Waals surface area contributed by atoms with Gasteiger partial charge in [0.25, 0.3) is 0 Å². The molecular weight excluding hydrogens is 968 g/mol. The Kier molecular flexibility index (Phi) is 17.1. The van der Waals surface area contributed by atoms with E-state index in [0.29, 0.717) is 5.56 Å². The molecule has 26 heteroatoms. The van der Waals surface area contributed by atoms with Crippen molar-refractivity contribution in [1.29, 1.82) is 0 Å². The van der Waals surface area contributed by atoms with Crippen LogP contribution in [0.1, 0.15) is 23.1 Å². The van der Waals surface area contributed by atoms with E-state index in [1.54, 1.807) is 0 Å². The molecule has 3 fully saturated rings. The zero-order valence-corrected chi connectivity index (χ0v) is 37.7. The summed E-state index contributed by atoms with van der Waals surface area (Å²) in [6.45, 7) is -2.42. The summed E-state index contributed by atoms with van der Waals surface area (Å²) in [5.74, 6) is -5.20. The summed E-state index contributed by atoms with van der Waals surface area (Å²) in [7, 11) is 1.33. The Hall–Kier alpha value is -6.37. The molecule has 4 aliphatic rings. The van der Waals surface area contributed by atoms with Crippen LogP contribution in [-0.4, -0.2) is 203 Å². The lowest BCUT2D eigenvalue weighted by atomic mass is 9.97. The number of allylic oxidation sites excluding steroid dienone is 1. The predicted molar refractivity (Wildman–Crippen MR) is 233 cm³/mol. The number of aliphatic hydroxyl groups is 9. The van der Waals surface area contributed by atoms with Gasteiger partial charge < -0.3 is 114 Å². The minimum Gasteiger partial charge on any atom is -0.508 e. The van der Waals surface area contributed by atoms with Gasteiger partial charge in [-0.2, -0.15) is 0 Å². The Bertz CT molecular complexity index is 2460. The Morgan fingerprint density at radius 1 is 0.667 bits per heavy atom. The van der Waals surface area contributed by atoms with Crippen molar-refractivity contribution in [2.45, 2.75) is 105 Å². The molecule has 4 heterocycles. The van der Waals surface area contributed by atoms with Crippen LogP contribution in [0.3, 0.4) is 0 Å². The largest absolute Gasteiger partial charge is 0.508 e. The first-order valence-electron chi connectivity index (χ1n) is 21.9. The third-order valence-electron chi connectivity index (χ3n) is 11.7. The summed E-state index contributed by atoms with van der Waals surface area (Å²) < 4.78 is 57.2. The number of aromatic hydroxyl groups is 3. The minimum absolute atomic E-state index is 0.0116. The highest BCUT2D eigenvalue weighted by Gasteiger charge is 2.53. The van der Waals surface area contributed by atoms with E-state index in [1.807, 2.05) is 0 Å². The zero-order chi connectivity index (χ0) is 52.1. The van der Waals surface area contributed by atoms with E-state index in [4.69, 9.17) is 52.5 Å². The monoisotopic (exact) mass is 1020 g/mol. The van der Waals surface area contributed by atoms with Crippen LogP contribution in [0.2, 0.25) is 0 Å². The molecule has 0 spiro atoms. The molecule has 72 heavy (non-hydrogen) atoms. The van der Waals surface area contributed by atoms with Gasteiger partial charge in [0.1, 0.15) is 116 Å². The number of carbonyl (C=O) groups excluding carboxylic acids is 2. The summed E-state index contributed by atoms with van der Waals surface area (Å²) in [5.41, 5.74) is 0.636. The Labute approximate surface area is 406 Å². The number of methoxy groups -OCH3 is 1. The zero-order valence-electron chi connectivity index (χ0n) is 37.7. The normalized spacial score (nSPS) is 31.5. The first-order valence-corrected chi connectivity index (χ1v) is 21.9. The minimum atomic E-state index is -2.08. The first kappa shape index (κ1) is 53.4. The first-order chi connectivity index (χ1) is 34.3. The fourth-order valence-corrected chi connectivity index (χ4v) is 7.87. The van der Waals surface area contributed by atoms with Gasteiger partial charge >= 0.3 is 17.9 Å². The van der Waals surface area contributed by atoms with Gasteiger partial charge in [0.2, 0.25) is 12.6 Å². The van der Waals surface area contributed by atoms with Crippen molar-refractivity contribution in [3.05, 3.63) is 83.1 Å². The van der Waals surface area contributed by atoms with E-state index in [1.165, 1.54) is 55.7 Å². The molecular formula is C46H52O26. The van der Waals surface area contributed by atoms with E-state index in [2.05, 4.69) is 0 Å². The number of esters is 2. The van der Waals surface area contributed by atoms with Crippen LogP contribution in [0.15, 0.2) is 66.4 Å². The number of phenols is 3. The third kappa shape index (κ3) is 12.1. The molecule has 3 aromatic rings. The molecule has 13 N–H and O–H groups in total. The number of ether oxygens (including phenoxy) is 10. The van der Waals surface area contributed by atoms with E-state index in [0.717, 1.165) is 18.2 Å². The van der Waals surface area contributed by atoms with Gasteiger partial charge in [-0.05, 0) is 48.0 Å². The Morgan fingerprint density at radius 2 is 1.29 bits per heavy atom. The lowest BCUT2D eigenvalue weighted by Crippen LogP contribution is -2.64. The molecule has 392 valence electrons. The number of hydrogen-bond acceptors (Lipinski definition) is 25. The number of fused-ring (bicyclic) bond motifs is 1. The molecule has 0 amide bonds. The van der Waals surface area contributed by atoms with Crippen molar-refractivity contribution in [1.82, 2.24) is 0 Å². The van der Waals surface area contributed by atoms with Crippen molar-refractivity contribution >= 4 is 29.7 Å². The number of hydrogen-bond donors (Lipinski definition) is 13. The number of benzene rings is 3. The molecule has 0 radical (unpaired) electrons. The van der Waals surface area contributed by atoms with Crippen molar-refractivity contribution in [2.75, 3.05) is 26.9 Å². The summed E-state index contributed by atoms with van der Waals surface area (Å²) >= 11 is 0. The molecule has 3 aromatic carbocycles. The number of carbonyl (C=O) groups is 3. The van der Waals surface area contributed by atoms with Crippen molar-refractivity contribution in [3.63, 3.8) is 0 Å². The van der Waals surface area contributed by atoms with Gasteiger partial charge in [-0.3, -0.25) is 9.59 Å². The maximum Gasteiger partial charge on any atom is 0.330 e. The van der Waals surface area contributed by atoms with Gasteiger partial charge in [0.15, 0.2) is 29.7 Å². The lowest BCUT2D eigenvalue weighted by molar-refractivity contribution is -0.363.